The molecule has 1 aromatic rings. The lowest BCUT2D eigenvalue weighted by molar-refractivity contribution is -0.131. The summed E-state index contributed by atoms with van der Waals surface area (Å²) >= 11 is 0. The zero-order valence-electron chi connectivity index (χ0n) is 13.3. The molecule has 0 saturated heterocycles. The van der Waals surface area contributed by atoms with Crippen molar-refractivity contribution in [1.29, 1.82) is 0 Å². The third-order valence-electron chi connectivity index (χ3n) is 6.00. The SMILES string of the molecule is CC(C)(C)c1cccc2c1CC1(CC3=CCC1C3)C(=O)C2. The standard InChI is InChI=1S/C20H24O/c1-19(2,3)17-6-4-5-14-10-18(21)20(12-16(14)17)11-13-7-8-15(20)9-13/h4-7,15H,8-12H2,1-3H3. The Labute approximate surface area is 127 Å². The number of carbonyl (C=O) groups excluding carboxylic acids is 1. The van der Waals surface area contributed by atoms with Crippen LogP contribution in [0.5, 0.6) is 0 Å². The van der Waals surface area contributed by atoms with Crippen molar-refractivity contribution in [1.82, 2.24) is 0 Å². The number of hydrogen-bond acceptors (Lipinski definition) is 1. The summed E-state index contributed by atoms with van der Waals surface area (Å²) in [4.78, 5) is 12.9. The molecule has 1 heteroatoms. The summed E-state index contributed by atoms with van der Waals surface area (Å²) in [5, 5.41) is 0. The van der Waals surface area contributed by atoms with E-state index < -0.39 is 0 Å². The maximum atomic E-state index is 12.9. The summed E-state index contributed by atoms with van der Waals surface area (Å²) in [5.41, 5.74) is 5.86. The van der Waals surface area contributed by atoms with Crippen LogP contribution in [0.4, 0.5) is 0 Å². The van der Waals surface area contributed by atoms with Crippen molar-refractivity contribution in [3.63, 3.8) is 0 Å². The zero-order chi connectivity index (χ0) is 14.8. The fourth-order valence-corrected chi connectivity index (χ4v) is 4.91. The molecule has 1 saturated carbocycles. The van der Waals surface area contributed by atoms with Gasteiger partial charge in [0.2, 0.25) is 0 Å². The molecule has 1 aromatic carbocycles. The number of rotatable bonds is 0. The molecular weight excluding hydrogens is 256 g/mol. The first-order valence-corrected chi connectivity index (χ1v) is 8.23. The van der Waals surface area contributed by atoms with Crippen molar-refractivity contribution in [2.45, 2.75) is 58.3 Å². The second-order valence-corrected chi connectivity index (χ2v) is 8.30. The Morgan fingerprint density at radius 1 is 1.19 bits per heavy atom. The first-order valence-electron chi connectivity index (χ1n) is 8.23. The summed E-state index contributed by atoms with van der Waals surface area (Å²) in [6.07, 6.45) is 7.37. The van der Waals surface area contributed by atoms with Crippen LogP contribution in [0.2, 0.25) is 0 Å². The van der Waals surface area contributed by atoms with Crippen LogP contribution in [0, 0.1) is 11.3 Å². The summed E-state index contributed by atoms with van der Waals surface area (Å²) in [5.74, 6) is 1.09. The van der Waals surface area contributed by atoms with Crippen molar-refractivity contribution in [3.05, 3.63) is 46.5 Å². The van der Waals surface area contributed by atoms with Gasteiger partial charge in [-0.2, -0.15) is 0 Å². The van der Waals surface area contributed by atoms with Crippen LogP contribution in [0.1, 0.15) is 56.7 Å². The lowest BCUT2D eigenvalue weighted by Gasteiger charge is -2.41. The molecule has 3 aliphatic rings. The molecule has 1 spiro atoms. The van der Waals surface area contributed by atoms with E-state index in [9.17, 15) is 4.79 Å². The maximum absolute atomic E-state index is 12.9. The van der Waals surface area contributed by atoms with E-state index in [2.05, 4.69) is 45.0 Å². The largest absolute Gasteiger partial charge is 0.299 e. The summed E-state index contributed by atoms with van der Waals surface area (Å²) in [7, 11) is 0. The van der Waals surface area contributed by atoms with Gasteiger partial charge in [-0.15, -0.1) is 0 Å². The smallest absolute Gasteiger partial charge is 0.144 e. The fourth-order valence-electron chi connectivity index (χ4n) is 4.91. The lowest BCUT2D eigenvalue weighted by Crippen LogP contribution is -2.43. The highest BCUT2D eigenvalue weighted by molar-refractivity contribution is 5.91. The molecule has 2 atom stereocenters. The van der Waals surface area contributed by atoms with Crippen molar-refractivity contribution >= 4 is 5.78 Å². The number of ketones is 1. The van der Waals surface area contributed by atoms with Crippen molar-refractivity contribution < 1.29 is 4.79 Å². The predicted molar refractivity (Wildman–Crippen MR) is 85.4 cm³/mol. The predicted octanol–water partition coefficient (Wildman–Crippen LogP) is 4.38. The normalized spacial score (nSPS) is 30.7. The molecular formula is C20H24O. The second kappa shape index (κ2) is 4.09. The van der Waals surface area contributed by atoms with Crippen LogP contribution in [0.15, 0.2) is 29.8 Å². The Bertz CT molecular complexity index is 659. The maximum Gasteiger partial charge on any atom is 0.144 e. The van der Waals surface area contributed by atoms with Crippen LogP contribution in [-0.4, -0.2) is 5.78 Å². The van der Waals surface area contributed by atoms with Crippen molar-refractivity contribution in [2.24, 2.45) is 11.3 Å². The Morgan fingerprint density at radius 2 is 2.00 bits per heavy atom. The number of Topliss-reactive ketones (excluding diaryl/α,β-unsaturated/α-hetero) is 1. The molecule has 0 amide bonds. The Morgan fingerprint density at radius 3 is 2.62 bits per heavy atom. The number of hydrogen-bond donors (Lipinski definition) is 0. The van der Waals surface area contributed by atoms with Gasteiger partial charge in [0.25, 0.3) is 0 Å². The van der Waals surface area contributed by atoms with Gasteiger partial charge < -0.3 is 0 Å². The molecule has 0 N–H and O–H groups in total. The molecule has 0 radical (unpaired) electrons. The first-order chi connectivity index (χ1) is 9.90. The van der Waals surface area contributed by atoms with Gasteiger partial charge in [0.15, 0.2) is 0 Å². The molecule has 21 heavy (non-hydrogen) atoms. The molecule has 2 unspecified atom stereocenters. The van der Waals surface area contributed by atoms with Gasteiger partial charge in [-0.1, -0.05) is 50.6 Å². The number of allylic oxidation sites excluding steroid dienone is 2. The molecule has 1 nitrogen and oxygen atoms in total. The lowest BCUT2D eigenvalue weighted by atomic mass is 9.61. The van der Waals surface area contributed by atoms with Crippen LogP contribution in [0.25, 0.3) is 0 Å². The van der Waals surface area contributed by atoms with Gasteiger partial charge in [0.05, 0.1) is 0 Å². The average Bonchev–Trinajstić information content (AvgIpc) is 2.99. The second-order valence-electron chi connectivity index (χ2n) is 8.30. The topological polar surface area (TPSA) is 17.1 Å². The molecule has 0 heterocycles. The molecule has 110 valence electrons. The quantitative estimate of drug-likeness (QED) is 0.645. The molecule has 0 aliphatic heterocycles. The number of carbonyl (C=O) groups is 1. The summed E-state index contributed by atoms with van der Waals surface area (Å²) in [6, 6.07) is 6.57. The number of fused-ring (bicyclic) bond motifs is 4. The summed E-state index contributed by atoms with van der Waals surface area (Å²) < 4.78 is 0. The molecule has 1 fully saturated rings. The Balaban J connectivity index is 1.83. The fraction of sp³-hybridized carbons (Fsp3) is 0.550. The van der Waals surface area contributed by atoms with Crippen LogP contribution < -0.4 is 0 Å². The van der Waals surface area contributed by atoms with E-state index in [4.69, 9.17) is 0 Å². The average molecular weight is 280 g/mol. The monoisotopic (exact) mass is 280 g/mol. The minimum Gasteiger partial charge on any atom is -0.299 e. The van der Waals surface area contributed by atoms with Crippen LogP contribution >= 0.6 is 0 Å². The van der Waals surface area contributed by atoms with E-state index in [0.29, 0.717) is 18.1 Å². The third-order valence-corrected chi connectivity index (χ3v) is 6.00. The Kier molecular flexibility index (Phi) is 2.59. The first kappa shape index (κ1) is 13.3. The van der Waals surface area contributed by atoms with E-state index in [-0.39, 0.29) is 10.8 Å². The van der Waals surface area contributed by atoms with Crippen molar-refractivity contribution in [2.75, 3.05) is 0 Å². The van der Waals surface area contributed by atoms with Crippen molar-refractivity contribution in [3.8, 4) is 0 Å². The third kappa shape index (κ3) is 1.79. The summed E-state index contributed by atoms with van der Waals surface area (Å²) in [6.45, 7) is 6.86. The molecule has 3 aliphatic carbocycles. The number of benzene rings is 1. The van der Waals surface area contributed by atoms with Gasteiger partial charge in [0.1, 0.15) is 5.78 Å². The van der Waals surface area contributed by atoms with E-state index in [1.54, 1.807) is 5.57 Å². The molecule has 0 aromatic heterocycles. The minimum absolute atomic E-state index is 0.0571. The van der Waals surface area contributed by atoms with E-state index in [1.807, 2.05) is 0 Å². The van der Waals surface area contributed by atoms with E-state index in [0.717, 1.165) is 19.3 Å². The Hall–Kier alpha value is -1.37. The highest BCUT2D eigenvalue weighted by Gasteiger charge is 2.53. The van der Waals surface area contributed by atoms with E-state index >= 15 is 0 Å². The molecule has 4 rings (SSSR count). The van der Waals surface area contributed by atoms with Crippen LogP contribution in [-0.2, 0) is 23.1 Å². The van der Waals surface area contributed by atoms with Gasteiger partial charge in [-0.05, 0) is 53.7 Å². The zero-order valence-corrected chi connectivity index (χ0v) is 13.3. The minimum atomic E-state index is -0.0571. The van der Waals surface area contributed by atoms with Gasteiger partial charge in [-0.3, -0.25) is 4.79 Å². The van der Waals surface area contributed by atoms with Crippen LogP contribution in [0.3, 0.4) is 0 Å². The highest BCUT2D eigenvalue weighted by atomic mass is 16.1. The highest BCUT2D eigenvalue weighted by Crippen LogP contribution is 2.57. The molecule has 2 bridgehead atoms. The van der Waals surface area contributed by atoms with Gasteiger partial charge >= 0.3 is 0 Å². The van der Waals surface area contributed by atoms with E-state index in [1.165, 1.54) is 23.1 Å². The van der Waals surface area contributed by atoms with Gasteiger partial charge in [-0.25, -0.2) is 0 Å². The van der Waals surface area contributed by atoms with Gasteiger partial charge in [0, 0.05) is 11.8 Å².